The summed E-state index contributed by atoms with van der Waals surface area (Å²) in [5.41, 5.74) is -0.750. The summed E-state index contributed by atoms with van der Waals surface area (Å²) in [6.07, 6.45) is 6.56. The third kappa shape index (κ3) is 17.3. The number of nitrogens with zero attached hydrogens (tertiary/aromatic N) is 1. The molecule has 0 aromatic carbocycles. The van der Waals surface area contributed by atoms with E-state index in [1.54, 1.807) is 20.8 Å². The first-order valence-electron chi connectivity index (χ1n) is 5.62. The van der Waals surface area contributed by atoms with Gasteiger partial charge in [-0.2, -0.15) is 0 Å². The second-order valence-electron chi connectivity index (χ2n) is 4.77. The van der Waals surface area contributed by atoms with Crippen LogP contribution in [-0.2, 0) is 0 Å². The Labute approximate surface area is 155 Å². The van der Waals surface area contributed by atoms with Crippen LogP contribution < -0.4 is 73.8 Å². The van der Waals surface area contributed by atoms with Gasteiger partial charge in [0.25, 0.3) is 0 Å². The van der Waals surface area contributed by atoms with Crippen molar-refractivity contribution in [2.75, 3.05) is 6.54 Å². The van der Waals surface area contributed by atoms with E-state index in [-0.39, 0.29) is 63.8 Å². The van der Waals surface area contributed by atoms with Crippen LogP contribution in [0.3, 0.4) is 0 Å². The molecule has 0 fully saturated rings. The molecule has 0 saturated heterocycles. The summed E-state index contributed by atoms with van der Waals surface area (Å²) in [6, 6.07) is 0. The summed E-state index contributed by atoms with van der Waals surface area (Å²) in [4.78, 5) is 5.59. The van der Waals surface area contributed by atoms with Crippen LogP contribution in [0.2, 0.25) is 0 Å². The summed E-state index contributed by atoms with van der Waals surface area (Å²) >= 11 is 0. The molecule has 0 amide bonds. The average molecular weight is 287 g/mol. The zero-order valence-corrected chi connectivity index (χ0v) is 15.9. The topological polar surface area (TPSA) is 39.9 Å². The Balaban J connectivity index is -0.000000247. The van der Waals surface area contributed by atoms with Gasteiger partial charge in [-0.05, 0) is 6.42 Å². The minimum Gasteiger partial charge on any atom is -1.00 e. The molecule has 3 nitrogen and oxygen atoms in total. The van der Waals surface area contributed by atoms with Gasteiger partial charge in [-0.25, -0.2) is 4.99 Å². The second-order valence-corrected chi connectivity index (χ2v) is 4.77. The third-order valence-corrected chi connectivity index (χ3v) is 1.81. The molecule has 0 bridgehead atoms. The predicted molar refractivity (Wildman–Crippen MR) is 62.7 cm³/mol. The Morgan fingerprint density at radius 1 is 1.35 bits per heavy atom. The molecule has 1 unspecified atom stereocenters. The smallest absolute Gasteiger partial charge is 1.00 e. The number of amidine groups is 1. The maximum atomic E-state index is 10.1. The van der Waals surface area contributed by atoms with Gasteiger partial charge in [0, 0.05) is 6.92 Å². The Morgan fingerprint density at radius 2 is 1.82 bits per heavy atom. The summed E-state index contributed by atoms with van der Waals surface area (Å²) in [6.45, 7) is 10.4. The van der Waals surface area contributed by atoms with Gasteiger partial charge in [0.2, 0.25) is 5.84 Å². The number of hydrogen-bond donors (Lipinski definition) is 1. The zero-order valence-electron chi connectivity index (χ0n) is 12.0. The van der Waals surface area contributed by atoms with Crippen molar-refractivity contribution in [2.24, 2.45) is 4.99 Å². The molecule has 0 aromatic heterocycles. The molecule has 0 aromatic rings. The number of quaternary nitrogens is 1. The van der Waals surface area contributed by atoms with Gasteiger partial charge in [-0.3, -0.25) is 4.90 Å². The molecule has 5 heteroatoms. The maximum absolute atomic E-state index is 10.1. The molecule has 1 N–H and O–H groups in total. The molecule has 0 radical (unpaired) electrons. The summed E-state index contributed by atoms with van der Waals surface area (Å²) in [5, 5.41) is 10.1. The quantitative estimate of drug-likeness (QED) is 0.518. The predicted octanol–water partition coefficient (Wildman–Crippen LogP) is -5.27. The van der Waals surface area contributed by atoms with E-state index in [2.05, 4.69) is 25.0 Å². The van der Waals surface area contributed by atoms with E-state index in [0.29, 0.717) is 0 Å². The Hall–Kier alpha value is 1.26. The molecular weight excluding hydrogens is 263 g/mol. The van der Waals surface area contributed by atoms with Crippen molar-refractivity contribution in [3.05, 3.63) is 12.4 Å². The van der Waals surface area contributed by atoms with Crippen LogP contribution in [0.1, 0.15) is 47.5 Å². The van der Waals surface area contributed by atoms with Crippen LogP contribution >= 0.6 is 0 Å². The minimum atomic E-state index is -0.750. The van der Waals surface area contributed by atoms with Crippen LogP contribution in [0, 0.1) is 0 Å². The molecular formula is C12H24ClKN2O. The minimum absolute atomic E-state index is 0. The van der Waals surface area contributed by atoms with E-state index in [9.17, 15) is 5.11 Å². The molecule has 1 aliphatic heterocycles. The van der Waals surface area contributed by atoms with Crippen LogP contribution in [-0.4, -0.2) is 18.0 Å². The fourth-order valence-electron chi connectivity index (χ4n) is 1.07. The van der Waals surface area contributed by atoms with Crippen LogP contribution in [0.4, 0.5) is 0 Å². The summed E-state index contributed by atoms with van der Waals surface area (Å²) < 4.78 is 0. The Kier molecular flexibility index (Phi) is 16.9. The molecule has 1 atom stereocenters. The first kappa shape index (κ1) is 23.4. The fraction of sp³-hybridized carbons (Fsp3) is 0.750. The van der Waals surface area contributed by atoms with Gasteiger partial charge >= 0.3 is 51.4 Å². The third-order valence-electron chi connectivity index (χ3n) is 1.81. The van der Waals surface area contributed by atoms with Crippen molar-refractivity contribution in [3.63, 3.8) is 0 Å². The summed E-state index contributed by atoms with van der Waals surface area (Å²) in [5.74, 6) is 1.20. The van der Waals surface area contributed by atoms with Gasteiger partial charge in [-0.1, -0.05) is 34.1 Å². The van der Waals surface area contributed by atoms with Crippen molar-refractivity contribution in [2.45, 2.75) is 53.1 Å². The molecule has 0 saturated carbocycles. The van der Waals surface area contributed by atoms with Gasteiger partial charge < -0.3 is 17.5 Å². The first-order valence-corrected chi connectivity index (χ1v) is 5.62. The largest absolute Gasteiger partial charge is 1.00 e. The molecule has 17 heavy (non-hydrogen) atoms. The molecule has 1 heterocycles. The van der Waals surface area contributed by atoms with Gasteiger partial charge in [-0.15, -0.1) is 5.60 Å². The number of nitrogens with one attached hydrogen (secondary N) is 1. The van der Waals surface area contributed by atoms with Crippen LogP contribution in [0.5, 0.6) is 0 Å². The molecule has 0 aliphatic carbocycles. The van der Waals surface area contributed by atoms with E-state index in [1.165, 1.54) is 30.1 Å². The van der Waals surface area contributed by atoms with Crippen molar-refractivity contribution in [1.82, 2.24) is 0 Å². The fourth-order valence-corrected chi connectivity index (χ4v) is 1.07. The first-order chi connectivity index (χ1) is 6.84. The molecule has 1 rings (SSSR count). The van der Waals surface area contributed by atoms with Crippen molar-refractivity contribution < 1.29 is 73.8 Å². The van der Waals surface area contributed by atoms with Gasteiger partial charge in [0.15, 0.2) is 0 Å². The van der Waals surface area contributed by atoms with E-state index in [1.807, 2.05) is 6.20 Å². The van der Waals surface area contributed by atoms with Gasteiger partial charge in [0.1, 0.15) is 6.20 Å². The maximum Gasteiger partial charge on any atom is 1.00 e. The average Bonchev–Trinajstić information content (AvgIpc) is 2.45. The second kappa shape index (κ2) is 12.3. The number of rotatable bonds is 3. The Bertz CT molecular complexity index is 231. The summed E-state index contributed by atoms with van der Waals surface area (Å²) in [7, 11) is 0. The standard InChI is InChI=1S/C8H14N2.C4H9O.ClH.K/c1-3-4-6-10-7-5-9-8(10)2;1-4(2,3)5;;/h5,7H,3-4,6H2,1-2H3;1-3H3;1H;/q;-1;;+1. The van der Waals surface area contributed by atoms with E-state index >= 15 is 0 Å². The van der Waals surface area contributed by atoms with Gasteiger partial charge in [0.05, 0.1) is 12.7 Å². The molecule has 96 valence electrons. The van der Waals surface area contributed by atoms with Crippen molar-refractivity contribution in [3.8, 4) is 0 Å². The van der Waals surface area contributed by atoms with Crippen molar-refractivity contribution in [1.29, 1.82) is 0 Å². The SMILES string of the molecule is CC(C)(C)[O-].CCCC[NH+]1C=CN=C1C.[Cl-].[K+]. The van der Waals surface area contributed by atoms with Crippen molar-refractivity contribution >= 4 is 5.84 Å². The molecule has 0 spiro atoms. The number of hydrogen-bond acceptors (Lipinski definition) is 2. The Morgan fingerprint density at radius 3 is 2.12 bits per heavy atom. The monoisotopic (exact) mass is 286 g/mol. The van der Waals surface area contributed by atoms with E-state index in [4.69, 9.17) is 0 Å². The number of aliphatic imine (C=N–C) groups is 1. The van der Waals surface area contributed by atoms with Crippen LogP contribution in [0.25, 0.3) is 0 Å². The van der Waals surface area contributed by atoms with E-state index in [0.717, 1.165) is 0 Å². The molecule has 1 aliphatic rings. The number of unbranched alkanes of at least 4 members (excludes halogenated alkanes) is 1. The number of halogens is 1. The van der Waals surface area contributed by atoms with E-state index < -0.39 is 5.60 Å². The van der Waals surface area contributed by atoms with Crippen LogP contribution in [0.15, 0.2) is 17.4 Å². The zero-order chi connectivity index (χ0) is 11.9. The normalized spacial score (nSPS) is 17.3.